The summed E-state index contributed by atoms with van der Waals surface area (Å²) in [5, 5.41) is 3.02. The fraction of sp³-hybridized carbons (Fsp3) is 0.412. The van der Waals surface area contributed by atoms with E-state index in [1.807, 2.05) is 34.5 Å². The van der Waals surface area contributed by atoms with Gasteiger partial charge in [0.1, 0.15) is 10.8 Å². The van der Waals surface area contributed by atoms with Crippen LogP contribution in [0, 0.1) is 0 Å². The van der Waals surface area contributed by atoms with Crippen LogP contribution in [0.3, 0.4) is 0 Å². The first kappa shape index (κ1) is 15.0. The molecule has 4 nitrogen and oxygen atoms in total. The van der Waals surface area contributed by atoms with Gasteiger partial charge in [0.25, 0.3) is 0 Å². The van der Waals surface area contributed by atoms with E-state index in [0.29, 0.717) is 6.42 Å². The number of hydrogen-bond donors (Lipinski definition) is 0. The monoisotopic (exact) mass is 316 g/mol. The largest absolute Gasteiger partial charge is 0.497 e. The molecule has 0 atom stereocenters. The molecule has 0 bridgehead atoms. The Morgan fingerprint density at radius 1 is 1.36 bits per heavy atom. The van der Waals surface area contributed by atoms with Gasteiger partial charge >= 0.3 is 0 Å². The fourth-order valence-corrected chi connectivity index (χ4v) is 3.52. The number of nitrogens with zero attached hydrogens (tertiary/aromatic N) is 2. The Morgan fingerprint density at radius 3 is 2.95 bits per heavy atom. The van der Waals surface area contributed by atoms with Gasteiger partial charge in [-0.3, -0.25) is 4.79 Å². The second kappa shape index (κ2) is 6.92. The van der Waals surface area contributed by atoms with E-state index in [1.165, 1.54) is 0 Å². The van der Waals surface area contributed by atoms with Gasteiger partial charge in [0.05, 0.1) is 12.8 Å². The number of aryl methyl sites for hydroxylation is 1. The van der Waals surface area contributed by atoms with Gasteiger partial charge in [-0.15, -0.1) is 11.3 Å². The zero-order valence-corrected chi connectivity index (χ0v) is 13.6. The number of rotatable bonds is 5. The number of thiazole rings is 1. The second-order valence-corrected chi connectivity index (χ2v) is 6.32. The number of aromatic nitrogens is 1. The first-order valence-corrected chi connectivity index (χ1v) is 8.51. The van der Waals surface area contributed by atoms with E-state index in [4.69, 9.17) is 4.74 Å². The number of methoxy groups -OCH3 is 1. The minimum atomic E-state index is 0.258. The maximum atomic E-state index is 12.1. The molecule has 1 aromatic carbocycles. The Morgan fingerprint density at radius 2 is 2.18 bits per heavy atom. The maximum absolute atomic E-state index is 12.1. The summed E-state index contributed by atoms with van der Waals surface area (Å²) in [5.41, 5.74) is 2.05. The predicted molar refractivity (Wildman–Crippen MR) is 88.2 cm³/mol. The third kappa shape index (κ3) is 3.47. The molecule has 1 aromatic heterocycles. The van der Waals surface area contributed by atoms with E-state index >= 15 is 0 Å². The summed E-state index contributed by atoms with van der Waals surface area (Å²) in [6.45, 7) is 1.84. The number of ether oxygens (including phenoxy) is 1. The number of likely N-dealkylation sites (tertiary alicyclic amines) is 1. The standard InChI is InChI=1S/C17H20N2O2S/c1-21-15-6-4-5-13(11-15)17-18-14(12-22-17)7-8-16(20)19-9-2-3-10-19/h4-6,11-12H,2-3,7-10H2,1H3. The molecule has 0 saturated carbocycles. The molecule has 116 valence electrons. The zero-order chi connectivity index (χ0) is 15.4. The predicted octanol–water partition coefficient (Wildman–Crippen LogP) is 3.37. The fourth-order valence-electron chi connectivity index (χ4n) is 2.67. The average Bonchev–Trinajstić information content (AvgIpc) is 3.24. The minimum absolute atomic E-state index is 0.258. The van der Waals surface area contributed by atoms with Crippen molar-refractivity contribution in [3.63, 3.8) is 0 Å². The van der Waals surface area contributed by atoms with Gasteiger partial charge < -0.3 is 9.64 Å². The quantitative estimate of drug-likeness (QED) is 0.849. The van der Waals surface area contributed by atoms with Gasteiger partial charge in [0, 0.05) is 30.5 Å². The molecule has 1 amide bonds. The summed E-state index contributed by atoms with van der Waals surface area (Å²) in [4.78, 5) is 18.7. The number of hydrogen-bond acceptors (Lipinski definition) is 4. The third-order valence-electron chi connectivity index (χ3n) is 3.92. The van der Waals surface area contributed by atoms with Crippen molar-refractivity contribution in [3.05, 3.63) is 35.3 Å². The molecule has 0 unspecified atom stereocenters. The number of carbonyl (C=O) groups excluding carboxylic acids is 1. The molecule has 2 heterocycles. The highest BCUT2D eigenvalue weighted by Crippen LogP contribution is 2.27. The lowest BCUT2D eigenvalue weighted by Gasteiger charge is -2.14. The van der Waals surface area contributed by atoms with Crippen LogP contribution in [-0.2, 0) is 11.2 Å². The molecule has 22 heavy (non-hydrogen) atoms. The van der Waals surface area contributed by atoms with Crippen molar-refractivity contribution < 1.29 is 9.53 Å². The van der Waals surface area contributed by atoms with Crippen molar-refractivity contribution in [1.29, 1.82) is 0 Å². The Hall–Kier alpha value is -1.88. The van der Waals surface area contributed by atoms with Crippen molar-refractivity contribution in [3.8, 4) is 16.3 Å². The van der Waals surface area contributed by atoms with E-state index in [0.717, 1.165) is 54.4 Å². The molecule has 0 radical (unpaired) electrons. The number of carbonyl (C=O) groups is 1. The van der Waals surface area contributed by atoms with Crippen LogP contribution >= 0.6 is 11.3 Å². The first-order chi connectivity index (χ1) is 10.8. The highest BCUT2D eigenvalue weighted by atomic mass is 32.1. The number of benzene rings is 1. The van der Waals surface area contributed by atoms with Gasteiger partial charge in [-0.1, -0.05) is 12.1 Å². The van der Waals surface area contributed by atoms with Gasteiger partial charge in [0.2, 0.25) is 5.91 Å². The van der Waals surface area contributed by atoms with Crippen LogP contribution in [0.5, 0.6) is 5.75 Å². The van der Waals surface area contributed by atoms with Gasteiger partial charge in [0.15, 0.2) is 0 Å². The minimum Gasteiger partial charge on any atom is -0.497 e. The topological polar surface area (TPSA) is 42.4 Å². The molecule has 1 saturated heterocycles. The van der Waals surface area contributed by atoms with Crippen LogP contribution in [0.4, 0.5) is 0 Å². The van der Waals surface area contributed by atoms with E-state index in [-0.39, 0.29) is 5.91 Å². The Balaban J connectivity index is 1.62. The highest BCUT2D eigenvalue weighted by Gasteiger charge is 2.17. The molecular weight excluding hydrogens is 296 g/mol. The van der Waals surface area contributed by atoms with Crippen molar-refractivity contribution in [2.45, 2.75) is 25.7 Å². The van der Waals surface area contributed by atoms with Crippen LogP contribution in [-0.4, -0.2) is 36.0 Å². The Labute approximate surface area is 134 Å². The summed E-state index contributed by atoms with van der Waals surface area (Å²) in [6.07, 6.45) is 3.56. The lowest BCUT2D eigenvalue weighted by atomic mass is 10.2. The average molecular weight is 316 g/mol. The highest BCUT2D eigenvalue weighted by molar-refractivity contribution is 7.13. The number of amides is 1. The first-order valence-electron chi connectivity index (χ1n) is 7.63. The molecule has 0 spiro atoms. The Bertz CT molecular complexity index is 648. The Kier molecular flexibility index (Phi) is 4.73. The zero-order valence-electron chi connectivity index (χ0n) is 12.7. The molecular formula is C17H20N2O2S. The summed E-state index contributed by atoms with van der Waals surface area (Å²) in [5.74, 6) is 1.09. The van der Waals surface area contributed by atoms with Gasteiger partial charge in [-0.05, 0) is 31.4 Å². The normalized spacial score (nSPS) is 14.3. The molecule has 1 fully saturated rings. The lowest BCUT2D eigenvalue weighted by molar-refractivity contribution is -0.130. The summed E-state index contributed by atoms with van der Waals surface area (Å²) >= 11 is 1.61. The van der Waals surface area contributed by atoms with E-state index in [2.05, 4.69) is 4.98 Å². The SMILES string of the molecule is COc1cccc(-c2nc(CCC(=O)N3CCCC3)cs2)c1. The third-order valence-corrected chi connectivity index (χ3v) is 4.86. The summed E-state index contributed by atoms with van der Waals surface area (Å²) < 4.78 is 5.25. The molecule has 3 rings (SSSR count). The van der Waals surface area contributed by atoms with Crippen molar-refractivity contribution in [2.24, 2.45) is 0 Å². The summed E-state index contributed by atoms with van der Waals surface area (Å²) in [6, 6.07) is 7.90. The lowest BCUT2D eigenvalue weighted by Crippen LogP contribution is -2.27. The molecule has 0 N–H and O–H groups in total. The van der Waals surface area contributed by atoms with Crippen LogP contribution < -0.4 is 4.74 Å². The van der Waals surface area contributed by atoms with Crippen LogP contribution in [0.25, 0.3) is 10.6 Å². The second-order valence-electron chi connectivity index (χ2n) is 5.46. The van der Waals surface area contributed by atoms with Crippen LogP contribution in [0.1, 0.15) is 25.0 Å². The van der Waals surface area contributed by atoms with Crippen molar-refractivity contribution in [2.75, 3.05) is 20.2 Å². The van der Waals surface area contributed by atoms with E-state index in [1.54, 1.807) is 18.4 Å². The van der Waals surface area contributed by atoms with Gasteiger partial charge in [-0.2, -0.15) is 0 Å². The summed E-state index contributed by atoms with van der Waals surface area (Å²) in [7, 11) is 1.66. The van der Waals surface area contributed by atoms with Crippen molar-refractivity contribution in [1.82, 2.24) is 9.88 Å². The molecule has 2 aromatic rings. The van der Waals surface area contributed by atoms with Crippen LogP contribution in [0.2, 0.25) is 0 Å². The van der Waals surface area contributed by atoms with E-state index < -0.39 is 0 Å². The molecule has 1 aliphatic rings. The molecule has 0 aliphatic carbocycles. The van der Waals surface area contributed by atoms with Crippen LogP contribution in [0.15, 0.2) is 29.6 Å². The van der Waals surface area contributed by atoms with Gasteiger partial charge in [-0.25, -0.2) is 4.98 Å². The maximum Gasteiger partial charge on any atom is 0.222 e. The smallest absolute Gasteiger partial charge is 0.222 e. The molecule has 5 heteroatoms. The van der Waals surface area contributed by atoms with Crippen molar-refractivity contribution >= 4 is 17.2 Å². The molecule has 1 aliphatic heterocycles. The van der Waals surface area contributed by atoms with E-state index in [9.17, 15) is 4.79 Å².